The molecule has 0 aliphatic carbocycles. The van der Waals surface area contributed by atoms with Gasteiger partial charge in [-0.05, 0) is 69.3 Å². The second kappa shape index (κ2) is 9.87. The Hall–Kier alpha value is -4.89. The number of aromatic carboxylic acids is 1. The number of carboxylic acid groups (broad SMARTS) is 1. The van der Waals surface area contributed by atoms with E-state index in [1.165, 1.54) is 23.7 Å². The van der Waals surface area contributed by atoms with Crippen molar-refractivity contribution in [3.8, 4) is 11.1 Å². The number of carbonyl (C=O) groups is 2. The molecule has 6 rings (SSSR count). The number of nitrogens with zero attached hydrogens (tertiary/aromatic N) is 4. The summed E-state index contributed by atoms with van der Waals surface area (Å²) in [6.45, 7) is 0.703. The molecule has 0 aliphatic heterocycles. The molecule has 8 nitrogen and oxygen atoms in total. The average molecular weight is 520 g/mol. The van der Waals surface area contributed by atoms with Crippen molar-refractivity contribution >= 4 is 45.2 Å². The minimum Gasteiger partial charge on any atom is -0.478 e. The minimum atomic E-state index is -0.991. The van der Waals surface area contributed by atoms with E-state index in [0.717, 1.165) is 33.0 Å². The van der Waals surface area contributed by atoms with Gasteiger partial charge in [0.05, 0.1) is 17.7 Å². The van der Waals surface area contributed by atoms with Crippen molar-refractivity contribution < 1.29 is 14.7 Å². The number of hydrogen-bond donors (Lipinski definition) is 2. The van der Waals surface area contributed by atoms with Crippen molar-refractivity contribution in [2.45, 2.75) is 13.1 Å². The van der Waals surface area contributed by atoms with Crippen LogP contribution < -0.4 is 5.32 Å². The van der Waals surface area contributed by atoms with E-state index in [0.29, 0.717) is 23.1 Å². The molecule has 0 spiro atoms. The monoisotopic (exact) mass is 519 g/mol. The Morgan fingerprint density at radius 2 is 1.68 bits per heavy atom. The van der Waals surface area contributed by atoms with Crippen LogP contribution in [0.1, 0.15) is 31.8 Å². The van der Waals surface area contributed by atoms with Gasteiger partial charge >= 0.3 is 5.97 Å². The number of fused-ring (bicyclic) bond motifs is 2. The Kier molecular flexibility index (Phi) is 6.11. The summed E-state index contributed by atoms with van der Waals surface area (Å²) in [7, 11) is 0. The van der Waals surface area contributed by atoms with Crippen LogP contribution in [0.5, 0.6) is 0 Å². The third-order valence-corrected chi connectivity index (χ3v) is 7.01. The molecule has 9 heteroatoms. The zero-order valence-corrected chi connectivity index (χ0v) is 20.9. The van der Waals surface area contributed by atoms with Crippen molar-refractivity contribution in [3.05, 3.63) is 113 Å². The normalized spacial score (nSPS) is 11.2. The Labute approximate surface area is 221 Å². The first-order chi connectivity index (χ1) is 18.5. The highest BCUT2D eigenvalue weighted by molar-refractivity contribution is 7.03. The lowest BCUT2D eigenvalue weighted by Gasteiger charge is -2.11. The lowest BCUT2D eigenvalue weighted by atomic mass is 10.0. The van der Waals surface area contributed by atoms with E-state index < -0.39 is 5.97 Å². The van der Waals surface area contributed by atoms with Crippen molar-refractivity contribution in [3.63, 3.8) is 0 Å². The smallest absolute Gasteiger partial charge is 0.335 e. The molecule has 2 aromatic heterocycles. The fourth-order valence-corrected chi connectivity index (χ4v) is 5.01. The Morgan fingerprint density at radius 3 is 2.45 bits per heavy atom. The van der Waals surface area contributed by atoms with Gasteiger partial charge in [-0.2, -0.15) is 0 Å². The number of benzene rings is 4. The maximum Gasteiger partial charge on any atom is 0.335 e. The Balaban J connectivity index is 1.35. The van der Waals surface area contributed by atoms with E-state index in [1.54, 1.807) is 23.0 Å². The summed E-state index contributed by atoms with van der Waals surface area (Å²) in [4.78, 5) is 24.7. The third kappa shape index (κ3) is 4.62. The number of carbonyl (C=O) groups excluding carboxylic acids is 1. The average Bonchev–Trinajstić information content (AvgIpc) is 3.62. The van der Waals surface area contributed by atoms with Crippen molar-refractivity contribution in [2.24, 2.45) is 0 Å². The molecule has 2 N–H and O–H groups in total. The first-order valence-corrected chi connectivity index (χ1v) is 12.7. The number of rotatable bonds is 7. The maximum absolute atomic E-state index is 13.5. The minimum absolute atomic E-state index is 0.197. The molecule has 0 fully saturated rings. The summed E-state index contributed by atoms with van der Waals surface area (Å²) in [5, 5.41) is 25.1. The predicted molar refractivity (Wildman–Crippen MR) is 146 cm³/mol. The summed E-state index contributed by atoms with van der Waals surface area (Å²) >= 11 is 1.34. The summed E-state index contributed by atoms with van der Waals surface area (Å²) in [6.07, 6.45) is 1.76. The summed E-state index contributed by atoms with van der Waals surface area (Å²) in [6, 6.07) is 24.6. The van der Waals surface area contributed by atoms with Gasteiger partial charge in [0, 0.05) is 23.7 Å². The van der Waals surface area contributed by atoms with Crippen LogP contribution in [0.2, 0.25) is 0 Å². The number of carboxylic acids is 1. The maximum atomic E-state index is 13.5. The van der Waals surface area contributed by atoms with Gasteiger partial charge in [-0.3, -0.25) is 4.79 Å². The topological polar surface area (TPSA) is 110 Å². The standard InChI is InChI=1S/C29H21N5O3S/c35-28(30-14-18-5-9-21(10-6-18)29(36)37)25-12-23(24-15-31-38-17-24)13-26-27(25)34(33-32-26)16-19-7-8-20-3-1-2-4-22(20)11-19/h1-13,15,17H,14,16H2,(H,30,35)(H,36,37). The predicted octanol–water partition coefficient (Wildman–Crippen LogP) is 5.38. The molecule has 1 amide bonds. The van der Waals surface area contributed by atoms with Crippen LogP contribution in [0, 0.1) is 0 Å². The SMILES string of the molecule is O=C(O)c1ccc(CNC(=O)c2cc(-c3cnsc3)cc3nnn(Cc4ccc5ccccc5c4)c23)cc1. The molecule has 0 bridgehead atoms. The quantitative estimate of drug-likeness (QED) is 0.293. The van der Waals surface area contributed by atoms with Gasteiger partial charge in [0.25, 0.3) is 5.91 Å². The van der Waals surface area contributed by atoms with Crippen LogP contribution in [0.15, 0.2) is 90.4 Å². The van der Waals surface area contributed by atoms with Crippen molar-refractivity contribution in [2.75, 3.05) is 0 Å². The van der Waals surface area contributed by atoms with Crippen molar-refractivity contribution in [1.29, 1.82) is 0 Å². The first-order valence-electron chi connectivity index (χ1n) is 11.9. The molecule has 2 heterocycles. The molecule has 0 aliphatic rings. The van der Waals surface area contributed by atoms with Gasteiger partial charge in [0.2, 0.25) is 0 Å². The second-order valence-corrected chi connectivity index (χ2v) is 9.58. The molecule has 0 atom stereocenters. The van der Waals surface area contributed by atoms with Crippen LogP contribution in [0.3, 0.4) is 0 Å². The highest BCUT2D eigenvalue weighted by Gasteiger charge is 2.19. The summed E-state index contributed by atoms with van der Waals surface area (Å²) < 4.78 is 5.95. The lowest BCUT2D eigenvalue weighted by molar-refractivity contribution is 0.0696. The molecule has 186 valence electrons. The molecule has 38 heavy (non-hydrogen) atoms. The second-order valence-electron chi connectivity index (χ2n) is 8.92. The zero-order chi connectivity index (χ0) is 26.1. The van der Waals surface area contributed by atoms with E-state index in [9.17, 15) is 9.59 Å². The molecule has 4 aromatic carbocycles. The van der Waals surface area contributed by atoms with E-state index in [1.807, 2.05) is 29.6 Å². The van der Waals surface area contributed by atoms with E-state index in [4.69, 9.17) is 5.11 Å². The summed E-state index contributed by atoms with van der Waals surface area (Å²) in [5.41, 5.74) is 5.49. The van der Waals surface area contributed by atoms with Gasteiger partial charge in [-0.25, -0.2) is 13.8 Å². The molecule has 0 saturated heterocycles. The molecule has 0 unspecified atom stereocenters. The van der Waals surface area contributed by atoms with Gasteiger partial charge in [-0.15, -0.1) is 5.10 Å². The number of amides is 1. The highest BCUT2D eigenvalue weighted by atomic mass is 32.1. The van der Waals surface area contributed by atoms with Crippen LogP contribution in [0.25, 0.3) is 32.9 Å². The summed E-state index contributed by atoms with van der Waals surface area (Å²) in [5.74, 6) is -1.26. The van der Waals surface area contributed by atoms with Crippen LogP contribution >= 0.6 is 11.5 Å². The molecular weight excluding hydrogens is 498 g/mol. The lowest BCUT2D eigenvalue weighted by Crippen LogP contribution is -2.24. The van der Waals surface area contributed by atoms with Gasteiger partial charge in [0.1, 0.15) is 11.0 Å². The first kappa shape index (κ1) is 23.5. The number of hydrogen-bond acceptors (Lipinski definition) is 6. The molecule has 0 saturated carbocycles. The van der Waals surface area contributed by atoms with Gasteiger partial charge < -0.3 is 10.4 Å². The highest BCUT2D eigenvalue weighted by Crippen LogP contribution is 2.28. The van der Waals surface area contributed by atoms with Crippen molar-refractivity contribution in [1.82, 2.24) is 24.7 Å². The Bertz CT molecular complexity index is 1790. The third-order valence-electron chi connectivity index (χ3n) is 6.42. The van der Waals surface area contributed by atoms with Gasteiger partial charge in [-0.1, -0.05) is 53.7 Å². The number of aromatic nitrogens is 4. The van der Waals surface area contributed by atoms with E-state index in [-0.39, 0.29) is 18.0 Å². The van der Waals surface area contributed by atoms with Crippen LogP contribution in [-0.2, 0) is 13.1 Å². The Morgan fingerprint density at radius 1 is 0.895 bits per heavy atom. The van der Waals surface area contributed by atoms with Crippen LogP contribution in [-0.4, -0.2) is 36.4 Å². The zero-order valence-electron chi connectivity index (χ0n) is 20.0. The van der Waals surface area contributed by atoms with Gasteiger partial charge in [0.15, 0.2) is 0 Å². The van der Waals surface area contributed by atoms with Crippen LogP contribution in [0.4, 0.5) is 0 Å². The number of nitrogens with one attached hydrogen (secondary N) is 1. The van der Waals surface area contributed by atoms with E-state index >= 15 is 0 Å². The molecular formula is C29H21N5O3S. The molecule has 0 radical (unpaired) electrons. The van der Waals surface area contributed by atoms with E-state index in [2.05, 4.69) is 50.3 Å². The largest absolute Gasteiger partial charge is 0.478 e. The fraction of sp³-hybridized carbons (Fsp3) is 0.0690. The fourth-order valence-electron chi connectivity index (χ4n) is 4.46. The molecule has 6 aromatic rings.